The summed E-state index contributed by atoms with van der Waals surface area (Å²) in [5.41, 5.74) is 3.62. The van der Waals surface area contributed by atoms with Crippen molar-refractivity contribution >= 4 is 29.3 Å². The molecule has 0 fully saturated rings. The maximum absolute atomic E-state index is 12.9. The van der Waals surface area contributed by atoms with Crippen molar-refractivity contribution in [3.8, 4) is 0 Å². The number of rotatable bonds is 2. The molecule has 0 aliphatic rings. The molecule has 4 nitrogen and oxygen atoms in total. The van der Waals surface area contributed by atoms with E-state index < -0.39 is 28.3 Å². The Morgan fingerprint density at radius 1 is 1.38 bits per heavy atom. The molecule has 9 heteroatoms. The normalized spacial score (nSPS) is 11.7. The van der Waals surface area contributed by atoms with Crippen molar-refractivity contribution in [2.24, 2.45) is 0 Å². The zero-order valence-electron chi connectivity index (χ0n) is 10.6. The van der Waals surface area contributed by atoms with E-state index in [0.717, 1.165) is 0 Å². The lowest BCUT2D eigenvalue weighted by molar-refractivity contribution is -0.143. The van der Waals surface area contributed by atoms with Gasteiger partial charge in [-0.3, -0.25) is 9.78 Å². The highest BCUT2D eigenvalue weighted by Crippen LogP contribution is 2.37. The maximum Gasteiger partial charge on any atom is 0.434 e. The largest absolute Gasteiger partial charge is 0.434 e. The summed E-state index contributed by atoms with van der Waals surface area (Å²) in [4.78, 5) is 16.9. The number of hydrogen-bond acceptors (Lipinski definition) is 4. The van der Waals surface area contributed by atoms with Crippen molar-refractivity contribution in [3.63, 3.8) is 0 Å². The van der Waals surface area contributed by atoms with E-state index in [1.165, 1.54) is 6.07 Å². The van der Waals surface area contributed by atoms with Crippen molar-refractivity contribution in [1.82, 2.24) is 9.97 Å². The Labute approximate surface area is 126 Å². The highest BCUT2D eigenvalue weighted by molar-refractivity contribution is 7.99. The van der Waals surface area contributed by atoms with Gasteiger partial charge in [-0.05, 0) is 30.7 Å². The van der Waals surface area contributed by atoms with E-state index in [1.54, 1.807) is 19.1 Å². The lowest BCUT2D eigenvalue weighted by Crippen LogP contribution is -2.21. The summed E-state index contributed by atoms with van der Waals surface area (Å²) in [6.45, 7) is 1.71. The number of alkyl halides is 3. The number of nitrogens with zero attached hydrogens (tertiary/aromatic N) is 1. The first-order valence-electron chi connectivity index (χ1n) is 5.59. The monoisotopic (exact) mass is 335 g/mol. The Bertz CT molecular complexity index is 746. The van der Waals surface area contributed by atoms with E-state index >= 15 is 0 Å². The Balaban J connectivity index is 2.53. The van der Waals surface area contributed by atoms with Crippen LogP contribution < -0.4 is 11.3 Å². The van der Waals surface area contributed by atoms with Gasteiger partial charge in [-0.2, -0.15) is 13.2 Å². The zero-order chi connectivity index (χ0) is 15.8. The minimum Gasteiger partial charge on any atom is -0.369 e. The van der Waals surface area contributed by atoms with Gasteiger partial charge in [-0.15, -0.1) is 0 Å². The van der Waals surface area contributed by atoms with Crippen LogP contribution in [0.3, 0.4) is 0 Å². The predicted octanol–water partition coefficient (Wildman–Crippen LogP) is 3.48. The van der Waals surface area contributed by atoms with E-state index in [4.69, 9.17) is 17.3 Å². The Morgan fingerprint density at radius 3 is 2.62 bits per heavy atom. The summed E-state index contributed by atoms with van der Waals surface area (Å²) in [6, 6.07) is 4.66. The second kappa shape index (κ2) is 5.61. The SMILES string of the molecule is Cc1cc(Sc2c(C(F)(F)F)nc(N)[nH]c2=O)ccc1Cl. The molecule has 0 saturated heterocycles. The number of nitrogen functional groups attached to an aromatic ring is 1. The molecule has 0 amide bonds. The number of benzene rings is 1. The fraction of sp³-hybridized carbons (Fsp3) is 0.167. The predicted molar refractivity (Wildman–Crippen MR) is 74.6 cm³/mol. The van der Waals surface area contributed by atoms with Crippen LogP contribution in [0.1, 0.15) is 11.3 Å². The van der Waals surface area contributed by atoms with Gasteiger partial charge in [-0.25, -0.2) is 4.98 Å². The van der Waals surface area contributed by atoms with E-state index in [9.17, 15) is 18.0 Å². The molecule has 1 aromatic heterocycles. The number of aromatic amines is 1. The van der Waals surface area contributed by atoms with Crippen molar-refractivity contribution in [3.05, 3.63) is 44.8 Å². The second-order valence-electron chi connectivity index (χ2n) is 4.14. The molecular formula is C12H9ClF3N3OS. The van der Waals surface area contributed by atoms with Gasteiger partial charge in [0.05, 0.1) is 0 Å². The summed E-state index contributed by atoms with van der Waals surface area (Å²) in [5, 5.41) is 0.486. The third-order valence-corrected chi connectivity index (χ3v) is 4.01. The van der Waals surface area contributed by atoms with Crippen LogP contribution in [0.25, 0.3) is 0 Å². The molecule has 21 heavy (non-hydrogen) atoms. The highest BCUT2D eigenvalue weighted by Gasteiger charge is 2.37. The van der Waals surface area contributed by atoms with Crippen LogP contribution >= 0.6 is 23.4 Å². The summed E-state index contributed by atoms with van der Waals surface area (Å²) in [6.07, 6.45) is -4.77. The number of aromatic nitrogens is 2. The lowest BCUT2D eigenvalue weighted by Gasteiger charge is -2.11. The van der Waals surface area contributed by atoms with Gasteiger partial charge in [0.2, 0.25) is 5.95 Å². The molecule has 112 valence electrons. The molecule has 0 radical (unpaired) electrons. The average Bonchev–Trinajstić information content (AvgIpc) is 2.35. The van der Waals surface area contributed by atoms with E-state index in [1.807, 2.05) is 0 Å². The minimum absolute atomic E-state index is 0.444. The highest BCUT2D eigenvalue weighted by atomic mass is 35.5. The first-order chi connectivity index (χ1) is 9.68. The molecule has 0 saturated carbocycles. The van der Waals surface area contributed by atoms with Gasteiger partial charge in [0.15, 0.2) is 5.69 Å². The third-order valence-electron chi connectivity index (χ3n) is 2.51. The number of anilines is 1. The van der Waals surface area contributed by atoms with Crippen LogP contribution in [-0.2, 0) is 6.18 Å². The van der Waals surface area contributed by atoms with Gasteiger partial charge in [0.1, 0.15) is 4.90 Å². The van der Waals surface area contributed by atoms with E-state index in [-0.39, 0.29) is 0 Å². The fourth-order valence-corrected chi connectivity index (χ4v) is 2.69. The minimum atomic E-state index is -4.77. The van der Waals surface area contributed by atoms with Crippen LogP contribution in [-0.4, -0.2) is 9.97 Å². The van der Waals surface area contributed by atoms with Crippen molar-refractivity contribution in [1.29, 1.82) is 0 Å². The van der Waals surface area contributed by atoms with E-state index in [2.05, 4.69) is 9.97 Å². The molecule has 3 N–H and O–H groups in total. The summed E-state index contributed by atoms with van der Waals surface area (Å²) >= 11 is 6.51. The number of halogens is 4. The Kier molecular flexibility index (Phi) is 4.20. The van der Waals surface area contributed by atoms with Crippen LogP contribution in [0.2, 0.25) is 5.02 Å². The number of nitrogens with one attached hydrogen (secondary N) is 1. The topological polar surface area (TPSA) is 71.8 Å². The number of H-pyrrole nitrogens is 1. The van der Waals surface area contributed by atoms with Crippen LogP contribution in [0.15, 0.2) is 32.8 Å². The van der Waals surface area contributed by atoms with Crippen molar-refractivity contribution in [2.45, 2.75) is 22.9 Å². The number of aryl methyl sites for hydroxylation is 1. The van der Waals surface area contributed by atoms with Gasteiger partial charge >= 0.3 is 6.18 Å². The fourth-order valence-electron chi connectivity index (χ4n) is 1.57. The van der Waals surface area contributed by atoms with E-state index in [0.29, 0.717) is 27.2 Å². The Morgan fingerprint density at radius 2 is 2.05 bits per heavy atom. The molecule has 0 unspecified atom stereocenters. The molecule has 0 spiro atoms. The first kappa shape index (κ1) is 15.7. The number of nitrogens with two attached hydrogens (primary N) is 1. The molecule has 0 aliphatic carbocycles. The maximum atomic E-state index is 12.9. The molecule has 0 atom stereocenters. The van der Waals surface area contributed by atoms with Gasteiger partial charge in [0, 0.05) is 9.92 Å². The standard InChI is InChI=1S/C12H9ClF3N3OS/c1-5-4-6(2-3-7(5)13)21-8-9(12(14,15)16)18-11(17)19-10(8)20/h2-4H,1H3,(H3,17,18,19,20). The summed E-state index contributed by atoms with van der Waals surface area (Å²) in [5.74, 6) is -0.580. The summed E-state index contributed by atoms with van der Waals surface area (Å²) in [7, 11) is 0. The molecular weight excluding hydrogens is 327 g/mol. The molecule has 1 aromatic carbocycles. The smallest absolute Gasteiger partial charge is 0.369 e. The zero-order valence-corrected chi connectivity index (χ0v) is 12.2. The average molecular weight is 336 g/mol. The molecule has 1 heterocycles. The van der Waals surface area contributed by atoms with Gasteiger partial charge in [-0.1, -0.05) is 23.4 Å². The molecule has 2 aromatic rings. The first-order valence-corrected chi connectivity index (χ1v) is 6.79. The quantitative estimate of drug-likeness (QED) is 0.881. The molecule has 0 aliphatic heterocycles. The van der Waals surface area contributed by atoms with Crippen LogP contribution in [0, 0.1) is 6.92 Å². The Hall–Kier alpha value is -1.67. The molecule has 2 rings (SSSR count). The van der Waals surface area contributed by atoms with Crippen molar-refractivity contribution in [2.75, 3.05) is 5.73 Å². The second-order valence-corrected chi connectivity index (χ2v) is 5.63. The van der Waals surface area contributed by atoms with Gasteiger partial charge in [0.25, 0.3) is 5.56 Å². The molecule has 0 bridgehead atoms. The lowest BCUT2D eigenvalue weighted by atomic mass is 10.2. The third kappa shape index (κ3) is 3.51. The van der Waals surface area contributed by atoms with Crippen LogP contribution in [0.5, 0.6) is 0 Å². The number of hydrogen-bond donors (Lipinski definition) is 2. The summed E-state index contributed by atoms with van der Waals surface area (Å²) < 4.78 is 38.8. The van der Waals surface area contributed by atoms with Crippen molar-refractivity contribution < 1.29 is 13.2 Å². The van der Waals surface area contributed by atoms with Crippen LogP contribution in [0.4, 0.5) is 19.1 Å². The van der Waals surface area contributed by atoms with Gasteiger partial charge < -0.3 is 5.73 Å².